The van der Waals surface area contributed by atoms with Gasteiger partial charge in [-0.15, -0.1) is 0 Å². The van der Waals surface area contributed by atoms with Gasteiger partial charge >= 0.3 is 12.1 Å². The van der Waals surface area contributed by atoms with E-state index in [4.69, 9.17) is 5.11 Å². The van der Waals surface area contributed by atoms with Gasteiger partial charge < -0.3 is 5.11 Å². The number of nitrogens with one attached hydrogen (secondary N) is 1. The molecule has 0 aliphatic heterocycles. The Morgan fingerprint density at radius 2 is 1.77 bits per heavy atom. The number of hydrogen-bond acceptors (Lipinski definition) is 3. The van der Waals surface area contributed by atoms with Crippen LogP contribution >= 0.6 is 0 Å². The topological polar surface area (TPSA) is 89.8 Å². The normalized spacial score (nSPS) is 14.7. The predicted octanol–water partition coefficient (Wildman–Crippen LogP) is 7.45. The zero-order valence-corrected chi connectivity index (χ0v) is 20.4. The zero-order valence-electron chi connectivity index (χ0n) is 20.4. The average molecular weight is 532 g/mol. The van der Waals surface area contributed by atoms with Crippen molar-refractivity contribution in [2.24, 2.45) is 5.92 Å². The van der Waals surface area contributed by atoms with Crippen LogP contribution in [-0.2, 0) is 11.0 Å². The summed E-state index contributed by atoms with van der Waals surface area (Å²) in [5, 5.41) is 25.8. The van der Waals surface area contributed by atoms with Crippen LogP contribution in [0.5, 0.6) is 0 Å². The van der Waals surface area contributed by atoms with Gasteiger partial charge in [0.25, 0.3) is 0 Å². The Morgan fingerprint density at radius 3 is 2.38 bits per heavy atom. The first kappa shape index (κ1) is 25.9. The maximum absolute atomic E-state index is 14.2. The summed E-state index contributed by atoms with van der Waals surface area (Å²) in [5.41, 5.74) is 2.37. The first-order valence-electron chi connectivity index (χ1n) is 12.2. The standard InChI is InChI=1S/C30H21F4N3O2/c31-21-10-11-22(24(15-21)30(32,33)34)29(18-2-1-3-18)28(19-7-4-17(5-8-19)6-13-27(38)39)20-9-12-25-23(14-20)26(16-35)37-36-25/h4-15,18H,1-3H2,(H,36,37)(H,38,39)/b13-6+,29-28?. The number of carboxylic acid groups (broad SMARTS) is 1. The number of alkyl halides is 3. The van der Waals surface area contributed by atoms with E-state index in [2.05, 4.69) is 10.2 Å². The maximum Gasteiger partial charge on any atom is 0.417 e. The van der Waals surface area contributed by atoms with Crippen molar-refractivity contribution >= 4 is 34.1 Å². The van der Waals surface area contributed by atoms with Gasteiger partial charge in [0.1, 0.15) is 11.9 Å². The molecule has 39 heavy (non-hydrogen) atoms. The van der Waals surface area contributed by atoms with Crippen LogP contribution in [0.15, 0.2) is 66.7 Å². The number of allylic oxidation sites excluding steroid dienone is 1. The minimum atomic E-state index is -4.79. The Bertz CT molecular complexity index is 1670. The molecule has 0 saturated heterocycles. The smallest absolute Gasteiger partial charge is 0.417 e. The number of aliphatic carboxylic acids is 1. The largest absolute Gasteiger partial charge is 0.478 e. The molecule has 1 aliphatic carbocycles. The number of aromatic nitrogens is 2. The summed E-state index contributed by atoms with van der Waals surface area (Å²) >= 11 is 0. The molecule has 0 bridgehead atoms. The highest BCUT2D eigenvalue weighted by Crippen LogP contribution is 2.48. The summed E-state index contributed by atoms with van der Waals surface area (Å²) in [5.74, 6) is -2.29. The molecule has 3 aromatic carbocycles. The van der Waals surface area contributed by atoms with Gasteiger partial charge in [-0.1, -0.05) is 42.8 Å². The SMILES string of the molecule is N#Cc1n[nH]c2ccc(C(=C(c3ccc(F)cc3C(F)(F)F)C3CCC3)c3ccc(/C=C/C(=O)O)cc3)cc12. The average Bonchev–Trinajstić information content (AvgIpc) is 3.29. The molecule has 1 aliphatic rings. The van der Waals surface area contributed by atoms with Crippen LogP contribution in [0.1, 0.15) is 52.8 Å². The zero-order chi connectivity index (χ0) is 27.7. The Morgan fingerprint density at radius 1 is 1.05 bits per heavy atom. The van der Waals surface area contributed by atoms with Gasteiger partial charge in [0.2, 0.25) is 0 Å². The lowest BCUT2D eigenvalue weighted by molar-refractivity contribution is -0.138. The van der Waals surface area contributed by atoms with E-state index in [1.165, 1.54) is 12.1 Å². The van der Waals surface area contributed by atoms with Crippen molar-refractivity contribution in [3.8, 4) is 6.07 Å². The second kappa shape index (κ2) is 10.2. The molecule has 1 saturated carbocycles. The molecule has 1 fully saturated rings. The Labute approximate surface area is 220 Å². The van der Waals surface area contributed by atoms with Gasteiger partial charge in [-0.3, -0.25) is 5.10 Å². The van der Waals surface area contributed by atoms with Crippen molar-refractivity contribution in [3.05, 3.63) is 106 Å². The number of carbonyl (C=O) groups is 1. The third-order valence-corrected chi connectivity index (χ3v) is 6.94. The number of fused-ring (bicyclic) bond motifs is 1. The molecule has 5 nitrogen and oxygen atoms in total. The highest BCUT2D eigenvalue weighted by atomic mass is 19.4. The van der Waals surface area contributed by atoms with Crippen LogP contribution in [0, 0.1) is 23.1 Å². The fourth-order valence-corrected chi connectivity index (χ4v) is 4.90. The number of hydrogen-bond donors (Lipinski definition) is 2. The summed E-state index contributed by atoms with van der Waals surface area (Å²) in [6, 6.07) is 16.8. The van der Waals surface area contributed by atoms with E-state index in [0.717, 1.165) is 18.6 Å². The lowest BCUT2D eigenvalue weighted by Gasteiger charge is -2.33. The number of nitrogens with zero attached hydrogens (tertiary/aromatic N) is 2. The lowest BCUT2D eigenvalue weighted by atomic mass is 9.72. The van der Waals surface area contributed by atoms with Gasteiger partial charge in [0.15, 0.2) is 5.69 Å². The van der Waals surface area contributed by atoms with Crippen molar-refractivity contribution in [2.45, 2.75) is 25.4 Å². The molecule has 1 aromatic heterocycles. The van der Waals surface area contributed by atoms with E-state index in [9.17, 15) is 27.6 Å². The second-order valence-electron chi connectivity index (χ2n) is 9.34. The van der Waals surface area contributed by atoms with Crippen LogP contribution in [0.2, 0.25) is 0 Å². The summed E-state index contributed by atoms with van der Waals surface area (Å²) in [6.07, 6.45) is -0.181. The van der Waals surface area contributed by atoms with E-state index in [-0.39, 0.29) is 17.2 Å². The monoisotopic (exact) mass is 531 g/mol. The Kier molecular flexibility index (Phi) is 6.79. The molecule has 0 spiro atoms. The third kappa shape index (κ3) is 5.18. The summed E-state index contributed by atoms with van der Waals surface area (Å²) < 4.78 is 56.7. The van der Waals surface area contributed by atoms with E-state index >= 15 is 0 Å². The number of aromatic amines is 1. The first-order chi connectivity index (χ1) is 18.7. The van der Waals surface area contributed by atoms with Crippen molar-refractivity contribution in [1.82, 2.24) is 10.2 Å². The van der Waals surface area contributed by atoms with Crippen LogP contribution < -0.4 is 0 Å². The molecule has 5 rings (SSSR count). The highest BCUT2D eigenvalue weighted by Gasteiger charge is 2.38. The number of rotatable bonds is 6. The molecule has 9 heteroatoms. The summed E-state index contributed by atoms with van der Waals surface area (Å²) in [7, 11) is 0. The van der Waals surface area contributed by atoms with Crippen molar-refractivity contribution in [1.29, 1.82) is 5.26 Å². The minimum absolute atomic E-state index is 0.0914. The minimum Gasteiger partial charge on any atom is -0.478 e. The van der Waals surface area contributed by atoms with Crippen LogP contribution in [-0.4, -0.2) is 21.3 Å². The van der Waals surface area contributed by atoms with Gasteiger partial charge in [-0.2, -0.15) is 23.5 Å². The van der Waals surface area contributed by atoms with Crippen molar-refractivity contribution in [2.75, 3.05) is 0 Å². The molecule has 1 heterocycles. The predicted molar refractivity (Wildman–Crippen MR) is 139 cm³/mol. The van der Waals surface area contributed by atoms with Gasteiger partial charge in [0, 0.05) is 11.5 Å². The summed E-state index contributed by atoms with van der Waals surface area (Å²) in [4.78, 5) is 10.9. The third-order valence-electron chi connectivity index (χ3n) is 6.94. The molecule has 0 radical (unpaired) electrons. The molecular formula is C30H21F4N3O2. The van der Waals surface area contributed by atoms with Crippen LogP contribution in [0.25, 0.3) is 28.1 Å². The van der Waals surface area contributed by atoms with E-state index in [0.29, 0.717) is 57.6 Å². The molecule has 0 atom stereocenters. The van der Waals surface area contributed by atoms with Gasteiger partial charge in [-0.25, -0.2) is 9.18 Å². The molecular weight excluding hydrogens is 510 g/mol. The van der Waals surface area contributed by atoms with E-state index < -0.39 is 23.5 Å². The summed E-state index contributed by atoms with van der Waals surface area (Å²) in [6.45, 7) is 0. The Hall–Kier alpha value is -4.71. The van der Waals surface area contributed by atoms with E-state index in [1.54, 1.807) is 42.5 Å². The van der Waals surface area contributed by atoms with E-state index in [1.807, 2.05) is 6.07 Å². The fraction of sp³-hybridized carbons (Fsp3) is 0.167. The van der Waals surface area contributed by atoms with Gasteiger partial charge in [-0.05, 0) is 82.5 Å². The second-order valence-corrected chi connectivity index (χ2v) is 9.34. The molecule has 0 unspecified atom stereocenters. The van der Waals surface area contributed by atoms with Crippen molar-refractivity contribution < 1.29 is 27.5 Å². The maximum atomic E-state index is 14.2. The quantitative estimate of drug-likeness (QED) is 0.154. The van der Waals surface area contributed by atoms with Gasteiger partial charge in [0.05, 0.1) is 11.1 Å². The number of H-pyrrole nitrogens is 1. The number of carboxylic acids is 1. The number of benzene rings is 3. The van der Waals surface area contributed by atoms with Crippen molar-refractivity contribution in [3.63, 3.8) is 0 Å². The molecule has 196 valence electrons. The highest BCUT2D eigenvalue weighted by molar-refractivity contribution is 6.02. The molecule has 4 aromatic rings. The van der Waals surface area contributed by atoms with Crippen LogP contribution in [0.3, 0.4) is 0 Å². The first-order valence-corrected chi connectivity index (χ1v) is 12.2. The Balaban J connectivity index is 1.83. The fourth-order valence-electron chi connectivity index (χ4n) is 4.90. The lowest BCUT2D eigenvalue weighted by Crippen LogP contribution is -2.18. The number of halogens is 4. The molecule has 2 N–H and O–H groups in total. The number of nitriles is 1. The molecule has 0 amide bonds. The van der Waals surface area contributed by atoms with Crippen LogP contribution in [0.4, 0.5) is 17.6 Å².